The lowest BCUT2D eigenvalue weighted by Gasteiger charge is -2.62. The molecule has 1 aromatic rings. The van der Waals surface area contributed by atoms with E-state index in [1.165, 1.54) is 38.6 Å². The average Bonchev–Trinajstić information content (AvgIpc) is 3.46. The summed E-state index contributed by atoms with van der Waals surface area (Å²) >= 11 is 2.64. The molecule has 0 bridgehead atoms. The third-order valence-corrected chi connectivity index (χ3v) is 16.3. The predicted molar refractivity (Wildman–Crippen MR) is 251 cm³/mol. The predicted octanol–water partition coefficient (Wildman–Crippen LogP) is 2.79. The van der Waals surface area contributed by atoms with Crippen molar-refractivity contribution in [2.24, 2.45) is 34.3 Å². The van der Waals surface area contributed by atoms with Crippen molar-refractivity contribution in [2.45, 2.75) is 96.7 Å². The Bertz CT molecular complexity index is 2060. The van der Waals surface area contributed by atoms with Crippen molar-refractivity contribution < 1.29 is 53.3 Å². The van der Waals surface area contributed by atoms with E-state index < -0.39 is 114 Å². The quantitative estimate of drug-likeness (QED) is 0.123. The highest BCUT2D eigenvalue weighted by molar-refractivity contribution is 8.00. The van der Waals surface area contributed by atoms with E-state index in [0.717, 1.165) is 16.7 Å². The van der Waals surface area contributed by atoms with E-state index in [4.69, 9.17) is 5.73 Å². The summed E-state index contributed by atoms with van der Waals surface area (Å²) in [5.41, 5.74) is 0.498. The van der Waals surface area contributed by atoms with Gasteiger partial charge in [0.25, 0.3) is 0 Å². The van der Waals surface area contributed by atoms with Gasteiger partial charge in [-0.2, -0.15) is 23.5 Å². The number of aliphatic hydroxyl groups excluding tert-OH is 2. The Labute approximate surface area is 396 Å². The summed E-state index contributed by atoms with van der Waals surface area (Å²) < 4.78 is 17.6. The first-order chi connectivity index (χ1) is 31.1. The van der Waals surface area contributed by atoms with Crippen LogP contribution in [0.2, 0.25) is 0 Å². The molecule has 8 atom stereocenters. The molecule has 15 nitrogen and oxygen atoms in total. The number of carbonyl (C=O) groups is 7. The summed E-state index contributed by atoms with van der Waals surface area (Å²) in [6, 6.07) is 8.49. The molecule has 0 aromatic heterocycles. The van der Waals surface area contributed by atoms with Gasteiger partial charge in [-0.1, -0.05) is 55.8 Å². The van der Waals surface area contributed by atoms with Crippen molar-refractivity contribution in [2.75, 3.05) is 69.4 Å². The van der Waals surface area contributed by atoms with Crippen LogP contribution in [0.3, 0.4) is 0 Å². The van der Waals surface area contributed by atoms with Crippen LogP contribution in [0.5, 0.6) is 0 Å². The van der Waals surface area contributed by atoms with E-state index in [9.17, 15) is 48.9 Å². The molecule has 0 heterocycles. The number of aliphatic hydroxyl groups is 3. The molecule has 0 radical (unpaired) electrons. The number of halogens is 1. The molecule has 5 rings (SSSR count). The first-order valence-corrected chi connectivity index (χ1v) is 25.3. The average molecular weight is 958 g/mol. The van der Waals surface area contributed by atoms with Gasteiger partial charge in [0, 0.05) is 60.4 Å². The monoisotopic (exact) mass is 957 g/mol. The fourth-order valence-electron chi connectivity index (χ4n) is 11.2. The molecule has 4 aliphatic carbocycles. The lowest BCUT2D eigenvalue weighted by atomic mass is 9.44. The number of hydrogen-bond acceptors (Lipinski definition) is 12. The van der Waals surface area contributed by atoms with Gasteiger partial charge in [-0.3, -0.25) is 33.6 Å². The van der Waals surface area contributed by atoms with Crippen LogP contribution in [0.4, 0.5) is 4.39 Å². The molecule has 4 aliphatic rings. The van der Waals surface area contributed by atoms with Gasteiger partial charge in [-0.05, 0) is 82.3 Å². The number of nitrogens with two attached hydrogens (primary N) is 1. The Kier molecular flexibility index (Phi) is 17.5. The number of fused-ring (bicyclic) bond motifs is 5. The minimum absolute atomic E-state index is 0.0210. The van der Waals surface area contributed by atoms with Crippen molar-refractivity contribution in [3.63, 3.8) is 0 Å². The van der Waals surface area contributed by atoms with Gasteiger partial charge in [0.15, 0.2) is 17.2 Å². The van der Waals surface area contributed by atoms with Crippen LogP contribution in [0.1, 0.15) is 72.3 Å². The second-order valence-corrected chi connectivity index (χ2v) is 21.1. The summed E-state index contributed by atoms with van der Waals surface area (Å²) in [5.74, 6) is -4.49. The van der Waals surface area contributed by atoms with E-state index in [2.05, 4.69) is 0 Å². The zero-order valence-electron chi connectivity index (χ0n) is 39.1. The van der Waals surface area contributed by atoms with Crippen molar-refractivity contribution >= 4 is 64.6 Å². The molecular formula is C48H68FN5O10S2. The molecule has 18 heteroatoms. The summed E-state index contributed by atoms with van der Waals surface area (Å²) in [5, 5.41) is 34.0. The lowest BCUT2D eigenvalue weighted by molar-refractivity contribution is -0.218. The summed E-state index contributed by atoms with van der Waals surface area (Å²) in [6.07, 6.45) is 5.78. The number of alkyl halides is 1. The van der Waals surface area contributed by atoms with Crippen LogP contribution < -0.4 is 5.73 Å². The molecule has 1 aromatic carbocycles. The maximum atomic E-state index is 17.6. The first-order valence-electron chi connectivity index (χ1n) is 22.8. The van der Waals surface area contributed by atoms with Crippen LogP contribution in [0, 0.1) is 28.6 Å². The molecule has 5 amide bonds. The number of Topliss-reactive ketones (excluding diaryl/α,β-unsaturated/α-hetero) is 1. The normalized spacial score (nSPS) is 28.7. The lowest BCUT2D eigenvalue weighted by Crippen LogP contribution is -2.69. The Morgan fingerprint density at radius 3 is 2.18 bits per heavy atom. The molecular weight excluding hydrogens is 890 g/mol. The van der Waals surface area contributed by atoms with Gasteiger partial charge in [-0.15, -0.1) is 0 Å². The Balaban J connectivity index is 1.21. The number of hydrogen-bond donors (Lipinski definition) is 4. The maximum Gasteiger partial charge on any atom is 0.242 e. The van der Waals surface area contributed by atoms with Crippen LogP contribution in [-0.4, -0.2) is 169 Å². The second kappa shape index (κ2) is 21.9. The number of carbonyl (C=O) groups excluding carboxylic acids is 7. The summed E-state index contributed by atoms with van der Waals surface area (Å²) in [6.45, 7) is 6.68. The van der Waals surface area contributed by atoms with Crippen molar-refractivity contribution in [3.05, 3.63) is 59.7 Å². The number of nitrogens with zero attached hydrogens (tertiary/aromatic N) is 4. The van der Waals surface area contributed by atoms with Crippen LogP contribution in [0.15, 0.2) is 54.1 Å². The van der Waals surface area contributed by atoms with Crippen LogP contribution in [-0.2, 0) is 40.1 Å². The SMILES string of the molecule is CSCCN(CC(N)=O)C(=O)CN(Cc1ccccc1)C(=O)CN(CCO)C(=O)CN(C(=O)CCSCC(=O)[C@@]1(O)[C@H](C)C[C@H]2[C@@H]3CCC4=CC(=O)C=C[C@]4(C)[C@@]3(F)[C@@H](O)C[C@@]21C)C(C)C. The van der Waals surface area contributed by atoms with E-state index in [-0.39, 0.29) is 56.3 Å². The minimum Gasteiger partial charge on any atom is -0.395 e. The highest BCUT2D eigenvalue weighted by atomic mass is 32.2. The van der Waals surface area contributed by atoms with Gasteiger partial charge < -0.3 is 40.7 Å². The fourth-order valence-corrected chi connectivity index (χ4v) is 12.5. The summed E-state index contributed by atoms with van der Waals surface area (Å²) in [7, 11) is 0. The van der Waals surface area contributed by atoms with Crippen LogP contribution in [0.25, 0.3) is 0 Å². The van der Waals surface area contributed by atoms with Crippen molar-refractivity contribution in [3.8, 4) is 0 Å². The van der Waals surface area contributed by atoms with E-state index >= 15 is 4.39 Å². The molecule has 66 heavy (non-hydrogen) atoms. The van der Waals surface area contributed by atoms with E-state index in [1.54, 1.807) is 71.0 Å². The molecule has 5 N–H and O–H groups in total. The smallest absolute Gasteiger partial charge is 0.242 e. The standard InChI is InChI=1S/C48H68FN5O10S2/c1-31(2)54(29-44(63)51(17-19-55)27-43(62)53(25-33-10-8-7-9-11-33)28-42(61)52(18-21-65-6)26-40(50)59)41(60)15-20-66-30-39(58)48(64)32(3)22-37-36-13-12-34-23-35(56)14-16-45(34,4)47(36,49)38(57)24-46(37,48)5/h7-11,14,16,23,31-32,36-38,55,57,64H,12-13,15,17-22,24-30H2,1-6H3,(H2,50,59)/t32-,36+,37+,38+,45+,46+,47+,48+/m1/s1. The number of amides is 5. The number of benzene rings is 1. The number of thioether (sulfide) groups is 2. The Hall–Kier alpha value is -4.10. The second-order valence-electron chi connectivity index (χ2n) is 19.1. The molecule has 0 saturated heterocycles. The highest BCUT2D eigenvalue weighted by Crippen LogP contribution is 2.70. The third kappa shape index (κ3) is 10.6. The van der Waals surface area contributed by atoms with E-state index in [0.29, 0.717) is 36.2 Å². The number of ketones is 2. The van der Waals surface area contributed by atoms with E-state index in [1.807, 2.05) is 6.26 Å². The van der Waals surface area contributed by atoms with Crippen molar-refractivity contribution in [1.82, 2.24) is 19.6 Å². The number of primary amides is 1. The number of allylic oxidation sites excluding steroid dienone is 4. The molecule has 3 fully saturated rings. The molecule has 364 valence electrons. The minimum atomic E-state index is -2.09. The third-order valence-electron chi connectivity index (χ3n) is 14.8. The van der Waals surface area contributed by atoms with Gasteiger partial charge in [0.05, 0.1) is 38.1 Å². The largest absolute Gasteiger partial charge is 0.395 e. The molecule has 0 spiro atoms. The zero-order valence-corrected chi connectivity index (χ0v) is 40.7. The van der Waals surface area contributed by atoms with Gasteiger partial charge in [-0.25, -0.2) is 4.39 Å². The Morgan fingerprint density at radius 2 is 1.55 bits per heavy atom. The molecule has 3 saturated carbocycles. The van der Waals surface area contributed by atoms with Gasteiger partial charge in [0.2, 0.25) is 29.5 Å². The first kappa shape index (κ1) is 52.9. The Morgan fingerprint density at radius 1 is 0.909 bits per heavy atom. The van der Waals surface area contributed by atoms with Gasteiger partial charge >= 0.3 is 0 Å². The van der Waals surface area contributed by atoms with Gasteiger partial charge in [0.1, 0.15) is 12.1 Å². The molecule has 0 unspecified atom stereocenters. The topological polar surface area (TPSA) is 219 Å². The number of rotatable bonds is 22. The fraction of sp³-hybridized carbons (Fsp3) is 0.646. The highest BCUT2D eigenvalue weighted by Gasteiger charge is 2.75. The molecule has 0 aliphatic heterocycles. The van der Waals surface area contributed by atoms with Crippen LogP contribution >= 0.6 is 23.5 Å². The van der Waals surface area contributed by atoms with Crippen molar-refractivity contribution in [1.29, 1.82) is 0 Å². The maximum absolute atomic E-state index is 17.6. The zero-order chi connectivity index (χ0) is 48.8. The summed E-state index contributed by atoms with van der Waals surface area (Å²) in [4.78, 5) is 98.1.